The lowest BCUT2D eigenvalue weighted by Crippen LogP contribution is -2.47. The van der Waals surface area contributed by atoms with Gasteiger partial charge in [-0.15, -0.1) is 0 Å². The minimum absolute atomic E-state index is 0.176. The van der Waals surface area contributed by atoms with Crippen LogP contribution in [0.3, 0.4) is 0 Å². The number of carbonyl (C=O) groups excluding carboxylic acids is 2. The summed E-state index contributed by atoms with van der Waals surface area (Å²) in [6, 6.07) is 16.0. The summed E-state index contributed by atoms with van der Waals surface area (Å²) in [4.78, 5) is 29.4. The van der Waals surface area contributed by atoms with Crippen LogP contribution in [0.5, 0.6) is 0 Å². The van der Waals surface area contributed by atoms with E-state index in [4.69, 9.17) is 4.74 Å². The van der Waals surface area contributed by atoms with Crippen LogP contribution in [0, 0.1) is 5.82 Å². The van der Waals surface area contributed by atoms with Gasteiger partial charge in [-0.1, -0.05) is 24.3 Å². The third-order valence-corrected chi connectivity index (χ3v) is 4.50. The van der Waals surface area contributed by atoms with Crippen LogP contribution in [-0.4, -0.2) is 28.6 Å². The molecule has 0 bridgehead atoms. The number of carbonyl (C=O) groups is 2. The topological polar surface area (TPSA) is 80.3 Å². The van der Waals surface area contributed by atoms with E-state index in [-0.39, 0.29) is 12.2 Å². The molecule has 1 heterocycles. The third kappa shape index (κ3) is 6.91. The number of pyridine rings is 1. The number of ether oxygens (including phenoxy) is 1. The maximum Gasteiger partial charge on any atom is 0.408 e. The highest BCUT2D eigenvalue weighted by Crippen LogP contribution is 2.22. The zero-order valence-electron chi connectivity index (χ0n) is 18.3. The van der Waals surface area contributed by atoms with E-state index in [1.54, 1.807) is 51.4 Å². The van der Waals surface area contributed by atoms with Gasteiger partial charge in [-0.2, -0.15) is 0 Å². The molecule has 1 aromatic heterocycles. The molecule has 0 saturated heterocycles. The molecule has 3 aromatic rings. The first-order valence-corrected chi connectivity index (χ1v) is 10.2. The first kappa shape index (κ1) is 22.9. The lowest BCUT2D eigenvalue weighted by atomic mass is 10.0. The van der Waals surface area contributed by atoms with Crippen LogP contribution >= 0.6 is 0 Å². The van der Waals surface area contributed by atoms with Crippen LogP contribution in [0.1, 0.15) is 26.3 Å². The van der Waals surface area contributed by atoms with Gasteiger partial charge < -0.3 is 15.4 Å². The highest BCUT2D eigenvalue weighted by atomic mass is 19.1. The first-order chi connectivity index (χ1) is 15.2. The van der Waals surface area contributed by atoms with Gasteiger partial charge in [-0.25, -0.2) is 9.18 Å². The Morgan fingerprint density at radius 2 is 1.69 bits per heavy atom. The van der Waals surface area contributed by atoms with E-state index in [1.807, 2.05) is 30.3 Å². The van der Waals surface area contributed by atoms with Crippen LogP contribution in [0.15, 0.2) is 73.1 Å². The Bertz CT molecular complexity index is 1060. The predicted octanol–water partition coefficient (Wildman–Crippen LogP) is 4.96. The molecule has 3 rings (SSSR count). The predicted molar refractivity (Wildman–Crippen MR) is 122 cm³/mol. The van der Waals surface area contributed by atoms with Crippen molar-refractivity contribution in [1.29, 1.82) is 0 Å². The SMILES string of the molecule is CC(C)(C)OC(=O)N[C@@H](Cc1ccc(F)cc1)C(=O)Nc1cccc(-c2ccncc2)c1. The van der Waals surface area contributed by atoms with Crippen molar-refractivity contribution in [2.24, 2.45) is 0 Å². The second kappa shape index (κ2) is 10.0. The van der Waals surface area contributed by atoms with Gasteiger partial charge in [0.15, 0.2) is 0 Å². The molecular formula is C25H26FN3O3. The molecule has 7 heteroatoms. The summed E-state index contributed by atoms with van der Waals surface area (Å²) < 4.78 is 18.6. The number of anilines is 1. The number of alkyl carbamates (subject to hydrolysis) is 1. The molecule has 0 aliphatic carbocycles. The molecular weight excluding hydrogens is 409 g/mol. The van der Waals surface area contributed by atoms with Crippen LogP contribution in [0.4, 0.5) is 14.9 Å². The van der Waals surface area contributed by atoms with E-state index in [0.717, 1.165) is 11.1 Å². The highest BCUT2D eigenvalue weighted by molar-refractivity contribution is 5.97. The maximum absolute atomic E-state index is 13.3. The molecule has 0 unspecified atom stereocenters. The number of aromatic nitrogens is 1. The molecule has 0 aliphatic rings. The Hall–Kier alpha value is -3.74. The summed E-state index contributed by atoms with van der Waals surface area (Å²) in [5.41, 5.74) is 2.46. The Labute approximate surface area is 186 Å². The van der Waals surface area contributed by atoms with Gasteiger partial charge in [0, 0.05) is 24.5 Å². The quantitative estimate of drug-likeness (QED) is 0.573. The molecule has 2 aromatic carbocycles. The van der Waals surface area contributed by atoms with E-state index in [1.165, 1.54) is 12.1 Å². The van der Waals surface area contributed by atoms with Crippen LogP contribution in [-0.2, 0) is 16.0 Å². The maximum atomic E-state index is 13.3. The fourth-order valence-corrected chi connectivity index (χ4v) is 3.07. The number of nitrogens with one attached hydrogen (secondary N) is 2. The number of benzene rings is 2. The van der Waals surface area contributed by atoms with E-state index >= 15 is 0 Å². The minimum Gasteiger partial charge on any atom is -0.444 e. The Morgan fingerprint density at radius 1 is 1.00 bits per heavy atom. The largest absolute Gasteiger partial charge is 0.444 e. The summed E-state index contributed by atoms with van der Waals surface area (Å²) in [5, 5.41) is 5.48. The third-order valence-electron chi connectivity index (χ3n) is 4.50. The van der Waals surface area contributed by atoms with Gasteiger partial charge in [-0.3, -0.25) is 9.78 Å². The standard InChI is InChI=1S/C25H26FN3O3/c1-25(2,3)32-24(31)29-22(15-17-7-9-20(26)10-8-17)23(30)28-21-6-4-5-19(16-21)18-11-13-27-14-12-18/h4-14,16,22H,15H2,1-3H3,(H,28,30)(H,29,31)/t22-/m0/s1. The number of rotatable bonds is 6. The van der Waals surface area contributed by atoms with Crippen molar-refractivity contribution in [2.75, 3.05) is 5.32 Å². The van der Waals surface area contributed by atoms with Crippen molar-refractivity contribution in [1.82, 2.24) is 10.3 Å². The number of hydrogen-bond donors (Lipinski definition) is 2. The van der Waals surface area contributed by atoms with Gasteiger partial charge in [0.05, 0.1) is 0 Å². The second-order valence-electron chi connectivity index (χ2n) is 8.34. The van der Waals surface area contributed by atoms with Gasteiger partial charge in [-0.05, 0) is 73.9 Å². The molecule has 6 nitrogen and oxygen atoms in total. The van der Waals surface area contributed by atoms with Crippen molar-refractivity contribution in [3.05, 3.63) is 84.4 Å². The zero-order chi connectivity index (χ0) is 23.1. The molecule has 2 amide bonds. The van der Waals surface area contributed by atoms with Gasteiger partial charge >= 0.3 is 6.09 Å². The normalized spacial score (nSPS) is 12.0. The summed E-state index contributed by atoms with van der Waals surface area (Å²) in [6.07, 6.45) is 2.87. The van der Waals surface area contributed by atoms with Crippen molar-refractivity contribution in [2.45, 2.75) is 38.8 Å². The molecule has 0 spiro atoms. The molecule has 166 valence electrons. The summed E-state index contributed by atoms with van der Waals surface area (Å²) in [6.45, 7) is 5.23. The molecule has 0 radical (unpaired) electrons. The van der Waals surface area contributed by atoms with Crippen molar-refractivity contribution in [3.8, 4) is 11.1 Å². The first-order valence-electron chi connectivity index (χ1n) is 10.2. The van der Waals surface area contributed by atoms with Crippen LogP contribution in [0.25, 0.3) is 11.1 Å². The fraction of sp³-hybridized carbons (Fsp3) is 0.240. The molecule has 0 fully saturated rings. The Kier molecular flexibility index (Phi) is 7.20. The summed E-state index contributed by atoms with van der Waals surface area (Å²) in [5.74, 6) is -0.783. The van der Waals surface area contributed by atoms with E-state index in [9.17, 15) is 14.0 Å². The van der Waals surface area contributed by atoms with Gasteiger partial charge in [0.1, 0.15) is 17.5 Å². The monoisotopic (exact) mass is 435 g/mol. The number of hydrogen-bond acceptors (Lipinski definition) is 4. The van der Waals surface area contributed by atoms with E-state index in [2.05, 4.69) is 15.6 Å². The number of halogens is 1. The highest BCUT2D eigenvalue weighted by Gasteiger charge is 2.25. The van der Waals surface area contributed by atoms with Gasteiger partial charge in [0.2, 0.25) is 5.91 Å². The van der Waals surface area contributed by atoms with Gasteiger partial charge in [0.25, 0.3) is 0 Å². The van der Waals surface area contributed by atoms with E-state index < -0.39 is 23.6 Å². The zero-order valence-corrected chi connectivity index (χ0v) is 18.3. The van der Waals surface area contributed by atoms with Crippen LogP contribution < -0.4 is 10.6 Å². The molecule has 32 heavy (non-hydrogen) atoms. The number of nitrogens with zero attached hydrogens (tertiary/aromatic N) is 1. The lowest BCUT2D eigenvalue weighted by Gasteiger charge is -2.23. The average molecular weight is 435 g/mol. The van der Waals surface area contributed by atoms with Crippen molar-refractivity contribution in [3.63, 3.8) is 0 Å². The van der Waals surface area contributed by atoms with Crippen molar-refractivity contribution < 1.29 is 18.7 Å². The average Bonchev–Trinajstić information content (AvgIpc) is 2.74. The fourth-order valence-electron chi connectivity index (χ4n) is 3.07. The Balaban J connectivity index is 1.78. The molecule has 0 aliphatic heterocycles. The van der Waals surface area contributed by atoms with Crippen molar-refractivity contribution >= 4 is 17.7 Å². The molecule has 1 atom stereocenters. The van der Waals surface area contributed by atoms with E-state index in [0.29, 0.717) is 11.3 Å². The summed E-state index contributed by atoms with van der Waals surface area (Å²) in [7, 11) is 0. The lowest BCUT2D eigenvalue weighted by molar-refractivity contribution is -0.118. The smallest absolute Gasteiger partial charge is 0.408 e. The summed E-state index contributed by atoms with van der Waals surface area (Å²) >= 11 is 0. The minimum atomic E-state index is -0.917. The van der Waals surface area contributed by atoms with Crippen LogP contribution in [0.2, 0.25) is 0 Å². The molecule has 0 saturated carbocycles. The Morgan fingerprint density at radius 3 is 2.34 bits per heavy atom. The number of amides is 2. The molecule has 2 N–H and O–H groups in total. The second-order valence-corrected chi connectivity index (χ2v) is 8.34.